The van der Waals surface area contributed by atoms with E-state index >= 15 is 0 Å². The number of pyridine rings is 1. The van der Waals surface area contributed by atoms with Crippen molar-refractivity contribution < 1.29 is 19.1 Å². The molecule has 1 N–H and O–H groups in total. The summed E-state index contributed by atoms with van der Waals surface area (Å²) in [5.74, 6) is 0.587. The maximum absolute atomic E-state index is 11.4. The van der Waals surface area contributed by atoms with E-state index in [0.29, 0.717) is 35.0 Å². The molecule has 1 saturated carbocycles. The Morgan fingerprint density at radius 2 is 2.08 bits per heavy atom. The zero-order chi connectivity index (χ0) is 18.7. The molecule has 3 aromatic rings. The van der Waals surface area contributed by atoms with Crippen LogP contribution >= 0.6 is 0 Å². The Bertz CT molecular complexity index is 925. The maximum Gasteiger partial charge on any atom is 0.339 e. The van der Waals surface area contributed by atoms with Crippen molar-refractivity contribution in [2.75, 3.05) is 0 Å². The molecule has 2 aromatic heterocycles. The summed E-state index contributed by atoms with van der Waals surface area (Å²) in [5.41, 5.74) is 2.94. The first-order chi connectivity index (χ1) is 12.6. The number of aromatic nitrogens is 1. The van der Waals surface area contributed by atoms with Crippen LogP contribution in [0.25, 0.3) is 11.0 Å². The molecule has 0 amide bonds. The van der Waals surface area contributed by atoms with Crippen molar-refractivity contribution >= 4 is 16.9 Å². The molecular weight excluding hydrogens is 330 g/mol. The fraction of sp³-hybridized carbons (Fsp3) is 0.333. The number of fused-ring (bicyclic) bond motifs is 1. The van der Waals surface area contributed by atoms with Gasteiger partial charge in [0.15, 0.2) is 0 Å². The molecule has 1 aliphatic carbocycles. The van der Waals surface area contributed by atoms with E-state index in [1.54, 1.807) is 25.1 Å². The number of hydrogen-bond donors (Lipinski definition) is 1. The van der Waals surface area contributed by atoms with Crippen LogP contribution in [0, 0.1) is 6.92 Å². The van der Waals surface area contributed by atoms with Gasteiger partial charge < -0.3 is 14.3 Å². The monoisotopic (exact) mass is 353 g/mol. The van der Waals surface area contributed by atoms with Crippen molar-refractivity contribution in [3.8, 4) is 5.75 Å². The Labute approximate surface area is 152 Å². The van der Waals surface area contributed by atoms with Gasteiger partial charge in [-0.3, -0.25) is 4.98 Å². The average Bonchev–Trinajstić information content (AvgIpc) is 3.43. The lowest BCUT2D eigenvalue weighted by molar-refractivity contribution is 0.0697. The molecule has 4 rings (SSSR count). The molecule has 5 heteroatoms. The number of carboxylic acids is 1. The predicted octanol–water partition coefficient (Wildman–Crippen LogP) is 5.32. The van der Waals surface area contributed by atoms with Crippen LogP contribution < -0.4 is 4.74 Å². The summed E-state index contributed by atoms with van der Waals surface area (Å²) in [6.45, 7) is 6.08. The standard InChI is InChI=1S/C19H17NO4.C2H6/c1-11-17(19(21)22)15-9-14(6-7-16(15)24-11)23-10-13-3-2-8-20-18(13)12-4-5-12;1-2/h2-3,6-9,12H,4-5,10H2,1H3,(H,21,22);1-2H3. The Hall–Kier alpha value is -2.82. The molecule has 1 aromatic carbocycles. The number of ether oxygens (including phenoxy) is 1. The van der Waals surface area contributed by atoms with Crippen molar-refractivity contribution in [2.24, 2.45) is 0 Å². The van der Waals surface area contributed by atoms with E-state index in [2.05, 4.69) is 4.98 Å². The van der Waals surface area contributed by atoms with Gasteiger partial charge in [-0.05, 0) is 44.0 Å². The third-order valence-electron chi connectivity index (χ3n) is 4.33. The van der Waals surface area contributed by atoms with E-state index in [1.807, 2.05) is 32.2 Å². The van der Waals surface area contributed by atoms with Gasteiger partial charge in [0.2, 0.25) is 0 Å². The van der Waals surface area contributed by atoms with Gasteiger partial charge in [0.25, 0.3) is 0 Å². The van der Waals surface area contributed by atoms with Crippen LogP contribution in [0.15, 0.2) is 40.9 Å². The van der Waals surface area contributed by atoms with Gasteiger partial charge in [-0.2, -0.15) is 0 Å². The van der Waals surface area contributed by atoms with Crippen LogP contribution in [0.5, 0.6) is 5.75 Å². The summed E-state index contributed by atoms with van der Waals surface area (Å²) in [7, 11) is 0. The molecule has 1 aliphatic rings. The molecular formula is C21H23NO4. The number of carbonyl (C=O) groups is 1. The van der Waals surface area contributed by atoms with Crippen molar-refractivity contribution in [3.63, 3.8) is 0 Å². The highest BCUT2D eigenvalue weighted by Gasteiger charge is 2.27. The molecule has 0 spiro atoms. The minimum atomic E-state index is -0.994. The first-order valence-corrected chi connectivity index (χ1v) is 8.96. The summed E-state index contributed by atoms with van der Waals surface area (Å²) < 4.78 is 11.4. The minimum absolute atomic E-state index is 0.190. The molecule has 0 atom stereocenters. The number of hydrogen-bond acceptors (Lipinski definition) is 4. The molecule has 0 saturated heterocycles. The SMILES string of the molecule is CC.Cc1oc2ccc(OCc3cccnc3C3CC3)cc2c1C(=O)O. The summed E-state index contributed by atoms with van der Waals surface area (Å²) in [6, 6.07) is 9.21. The van der Waals surface area contributed by atoms with Gasteiger partial charge in [-0.15, -0.1) is 0 Å². The molecule has 0 radical (unpaired) electrons. The number of aromatic carboxylic acids is 1. The fourth-order valence-electron chi connectivity index (χ4n) is 3.01. The fourth-order valence-corrected chi connectivity index (χ4v) is 3.01. The quantitative estimate of drug-likeness (QED) is 0.672. The molecule has 2 heterocycles. The van der Waals surface area contributed by atoms with Crippen molar-refractivity contribution in [1.29, 1.82) is 0 Å². The highest BCUT2D eigenvalue weighted by atomic mass is 16.5. The lowest BCUT2D eigenvalue weighted by Gasteiger charge is -2.09. The number of furan rings is 1. The minimum Gasteiger partial charge on any atom is -0.489 e. The highest BCUT2D eigenvalue weighted by Crippen LogP contribution is 2.40. The second-order valence-electron chi connectivity index (χ2n) is 6.11. The smallest absolute Gasteiger partial charge is 0.339 e. The third kappa shape index (κ3) is 3.57. The van der Waals surface area contributed by atoms with E-state index < -0.39 is 5.97 Å². The van der Waals surface area contributed by atoms with Gasteiger partial charge in [0.1, 0.15) is 29.3 Å². The predicted molar refractivity (Wildman–Crippen MR) is 99.8 cm³/mol. The van der Waals surface area contributed by atoms with Crippen LogP contribution in [0.4, 0.5) is 0 Å². The number of nitrogens with zero attached hydrogens (tertiary/aromatic N) is 1. The topological polar surface area (TPSA) is 72.6 Å². The zero-order valence-electron chi connectivity index (χ0n) is 15.3. The van der Waals surface area contributed by atoms with Crippen LogP contribution in [0.2, 0.25) is 0 Å². The summed E-state index contributed by atoms with van der Waals surface area (Å²) in [5, 5.41) is 9.91. The van der Waals surface area contributed by atoms with Gasteiger partial charge in [-0.1, -0.05) is 19.9 Å². The first kappa shape index (κ1) is 18.0. The van der Waals surface area contributed by atoms with Crippen LogP contribution in [-0.4, -0.2) is 16.1 Å². The number of benzene rings is 1. The van der Waals surface area contributed by atoms with Gasteiger partial charge in [-0.25, -0.2) is 4.79 Å². The van der Waals surface area contributed by atoms with E-state index in [4.69, 9.17) is 9.15 Å². The third-order valence-corrected chi connectivity index (χ3v) is 4.33. The normalized spacial score (nSPS) is 13.2. The molecule has 0 bridgehead atoms. The molecule has 0 unspecified atom stereocenters. The largest absolute Gasteiger partial charge is 0.489 e. The Balaban J connectivity index is 0.000000948. The van der Waals surface area contributed by atoms with E-state index in [9.17, 15) is 9.90 Å². The van der Waals surface area contributed by atoms with Crippen molar-refractivity contribution in [3.05, 3.63) is 59.1 Å². The Morgan fingerprint density at radius 3 is 2.77 bits per heavy atom. The van der Waals surface area contributed by atoms with Gasteiger partial charge in [0.05, 0.1) is 5.69 Å². The second-order valence-corrected chi connectivity index (χ2v) is 6.11. The maximum atomic E-state index is 11.4. The van der Waals surface area contributed by atoms with E-state index in [-0.39, 0.29) is 5.56 Å². The summed E-state index contributed by atoms with van der Waals surface area (Å²) in [4.78, 5) is 15.9. The lowest BCUT2D eigenvalue weighted by Crippen LogP contribution is -2.01. The summed E-state index contributed by atoms with van der Waals surface area (Å²) in [6.07, 6.45) is 4.19. The summed E-state index contributed by atoms with van der Waals surface area (Å²) >= 11 is 0. The molecule has 0 aliphatic heterocycles. The first-order valence-electron chi connectivity index (χ1n) is 8.96. The van der Waals surface area contributed by atoms with Crippen molar-refractivity contribution in [1.82, 2.24) is 4.98 Å². The number of rotatable bonds is 5. The molecule has 136 valence electrons. The Morgan fingerprint density at radius 1 is 1.31 bits per heavy atom. The highest BCUT2D eigenvalue weighted by molar-refractivity contribution is 6.03. The van der Waals surface area contributed by atoms with Crippen LogP contribution in [0.1, 0.15) is 60.0 Å². The van der Waals surface area contributed by atoms with E-state index in [1.165, 1.54) is 12.8 Å². The molecule has 26 heavy (non-hydrogen) atoms. The molecule has 5 nitrogen and oxygen atoms in total. The van der Waals surface area contributed by atoms with Gasteiger partial charge >= 0.3 is 5.97 Å². The number of aryl methyl sites for hydroxylation is 1. The van der Waals surface area contributed by atoms with Gasteiger partial charge in [0, 0.05) is 23.1 Å². The van der Waals surface area contributed by atoms with Crippen LogP contribution in [0.3, 0.4) is 0 Å². The molecule has 1 fully saturated rings. The Kier molecular flexibility index (Phi) is 5.26. The zero-order valence-corrected chi connectivity index (χ0v) is 15.3. The average molecular weight is 353 g/mol. The van der Waals surface area contributed by atoms with Crippen molar-refractivity contribution in [2.45, 2.75) is 46.1 Å². The van der Waals surface area contributed by atoms with Crippen LogP contribution in [-0.2, 0) is 6.61 Å². The lowest BCUT2D eigenvalue weighted by atomic mass is 10.1. The second kappa shape index (κ2) is 7.60. The van der Waals surface area contributed by atoms with E-state index in [0.717, 1.165) is 11.3 Å². The number of carboxylic acid groups (broad SMARTS) is 1.